The first-order valence-electron chi connectivity index (χ1n) is 6.90. The maximum absolute atomic E-state index is 12.2. The molecule has 102 valence electrons. The number of carbonyl (C=O) groups is 1. The van der Waals surface area contributed by atoms with Crippen molar-refractivity contribution < 1.29 is 4.79 Å². The van der Waals surface area contributed by atoms with Crippen LogP contribution in [-0.4, -0.2) is 11.8 Å². The first kappa shape index (κ1) is 13.3. The lowest BCUT2D eigenvalue weighted by Crippen LogP contribution is -2.36. The van der Waals surface area contributed by atoms with Crippen molar-refractivity contribution in [1.29, 1.82) is 0 Å². The van der Waals surface area contributed by atoms with Crippen LogP contribution in [0.25, 0.3) is 0 Å². The van der Waals surface area contributed by atoms with E-state index < -0.39 is 0 Å². The second kappa shape index (κ2) is 5.33. The largest absolute Gasteiger partial charge is 0.329 e. The molecule has 1 aliphatic heterocycles. The highest BCUT2D eigenvalue weighted by molar-refractivity contribution is 7.99. The number of anilines is 2. The molecule has 0 N–H and O–H groups in total. The first-order valence-corrected chi connectivity index (χ1v) is 7.72. The van der Waals surface area contributed by atoms with Crippen molar-refractivity contribution in [1.82, 2.24) is 0 Å². The lowest BCUT2D eigenvalue weighted by atomic mass is 10.1. The summed E-state index contributed by atoms with van der Waals surface area (Å²) in [5, 5.41) is 0. The van der Waals surface area contributed by atoms with Gasteiger partial charge in [0, 0.05) is 16.2 Å². The topological polar surface area (TPSA) is 20.3 Å². The fourth-order valence-electron chi connectivity index (χ4n) is 2.59. The van der Waals surface area contributed by atoms with Crippen LogP contribution in [0.1, 0.15) is 20.3 Å². The number of Topliss-reactive ketones (excluding diaryl/α,β-unsaturated/α-hetero) is 1. The van der Waals surface area contributed by atoms with Gasteiger partial charge in [-0.3, -0.25) is 4.79 Å². The van der Waals surface area contributed by atoms with E-state index in [4.69, 9.17) is 0 Å². The minimum Gasteiger partial charge on any atom is -0.329 e. The molecule has 2 nitrogen and oxygen atoms in total. The van der Waals surface area contributed by atoms with Gasteiger partial charge in [0.15, 0.2) is 5.78 Å². The summed E-state index contributed by atoms with van der Waals surface area (Å²) in [5.41, 5.74) is 2.26. The summed E-state index contributed by atoms with van der Waals surface area (Å²) in [6, 6.07) is 16.4. The monoisotopic (exact) mass is 283 g/mol. The van der Waals surface area contributed by atoms with Gasteiger partial charge < -0.3 is 4.90 Å². The van der Waals surface area contributed by atoms with Crippen molar-refractivity contribution in [2.45, 2.75) is 36.1 Å². The summed E-state index contributed by atoms with van der Waals surface area (Å²) < 4.78 is 0. The van der Waals surface area contributed by atoms with Gasteiger partial charge in [-0.05, 0) is 31.2 Å². The van der Waals surface area contributed by atoms with E-state index in [2.05, 4.69) is 29.2 Å². The highest BCUT2D eigenvalue weighted by Gasteiger charge is 2.29. The van der Waals surface area contributed by atoms with Crippen LogP contribution < -0.4 is 4.90 Å². The number of nitrogens with zero attached hydrogens (tertiary/aromatic N) is 1. The van der Waals surface area contributed by atoms with E-state index in [1.54, 1.807) is 11.8 Å². The standard InChI is InChI=1S/C17H17NOS/c1-3-15(19)12(2)18-13-8-4-6-10-16(13)20-17-11-7-5-9-14(17)18/h4-12H,3H2,1-2H3. The van der Waals surface area contributed by atoms with Gasteiger partial charge in [0.1, 0.15) is 0 Å². The van der Waals surface area contributed by atoms with Gasteiger partial charge in [0.2, 0.25) is 0 Å². The van der Waals surface area contributed by atoms with Gasteiger partial charge >= 0.3 is 0 Å². The molecule has 0 radical (unpaired) electrons. The van der Waals surface area contributed by atoms with E-state index >= 15 is 0 Å². The molecule has 0 bridgehead atoms. The summed E-state index contributed by atoms with van der Waals surface area (Å²) in [6.45, 7) is 3.92. The van der Waals surface area contributed by atoms with E-state index in [0.29, 0.717) is 6.42 Å². The summed E-state index contributed by atoms with van der Waals surface area (Å²) >= 11 is 1.77. The summed E-state index contributed by atoms with van der Waals surface area (Å²) in [4.78, 5) is 16.8. The van der Waals surface area contributed by atoms with Crippen LogP contribution >= 0.6 is 11.8 Å². The number of para-hydroxylation sites is 2. The fraction of sp³-hybridized carbons (Fsp3) is 0.235. The molecule has 1 heterocycles. The lowest BCUT2D eigenvalue weighted by molar-refractivity contribution is -0.119. The molecule has 2 aromatic rings. The Labute approximate surface area is 123 Å². The Balaban J connectivity index is 2.15. The van der Waals surface area contributed by atoms with Crippen molar-refractivity contribution in [3.63, 3.8) is 0 Å². The van der Waals surface area contributed by atoms with Crippen molar-refractivity contribution in [2.24, 2.45) is 0 Å². The van der Waals surface area contributed by atoms with Crippen LogP contribution in [0.15, 0.2) is 58.3 Å². The van der Waals surface area contributed by atoms with Crippen LogP contribution in [-0.2, 0) is 4.79 Å². The average Bonchev–Trinajstić information content (AvgIpc) is 2.51. The number of carbonyl (C=O) groups excluding carboxylic acids is 1. The van der Waals surface area contributed by atoms with Crippen LogP contribution in [0.5, 0.6) is 0 Å². The van der Waals surface area contributed by atoms with Crippen LogP contribution in [0.2, 0.25) is 0 Å². The number of fused-ring (bicyclic) bond motifs is 2. The van der Waals surface area contributed by atoms with E-state index in [1.807, 2.05) is 38.1 Å². The Kier molecular flexibility index (Phi) is 3.53. The van der Waals surface area contributed by atoms with Gasteiger partial charge in [-0.2, -0.15) is 0 Å². The van der Waals surface area contributed by atoms with E-state index in [-0.39, 0.29) is 11.8 Å². The second-order valence-electron chi connectivity index (χ2n) is 4.90. The Hall–Kier alpha value is -1.74. The van der Waals surface area contributed by atoms with E-state index in [0.717, 1.165) is 11.4 Å². The zero-order chi connectivity index (χ0) is 14.1. The molecule has 1 aliphatic rings. The minimum atomic E-state index is -0.136. The number of rotatable bonds is 3. The molecular formula is C17H17NOS. The molecule has 0 spiro atoms. The number of hydrogen-bond acceptors (Lipinski definition) is 3. The number of hydrogen-bond donors (Lipinski definition) is 0. The van der Waals surface area contributed by atoms with Crippen molar-refractivity contribution in [3.05, 3.63) is 48.5 Å². The molecule has 0 amide bonds. The minimum absolute atomic E-state index is 0.136. The molecule has 0 fully saturated rings. The average molecular weight is 283 g/mol. The third kappa shape index (κ3) is 2.12. The van der Waals surface area contributed by atoms with Gasteiger partial charge in [0.05, 0.1) is 17.4 Å². The molecule has 2 aromatic carbocycles. The highest BCUT2D eigenvalue weighted by atomic mass is 32.2. The smallest absolute Gasteiger partial charge is 0.155 e. The summed E-state index contributed by atoms with van der Waals surface area (Å²) in [5.74, 6) is 0.265. The van der Waals surface area contributed by atoms with Crippen molar-refractivity contribution in [3.8, 4) is 0 Å². The van der Waals surface area contributed by atoms with E-state index in [1.165, 1.54) is 9.79 Å². The quantitative estimate of drug-likeness (QED) is 0.817. The Morgan fingerprint density at radius 1 is 1.05 bits per heavy atom. The molecule has 1 atom stereocenters. The molecule has 0 saturated carbocycles. The fourth-order valence-corrected chi connectivity index (χ4v) is 3.66. The summed E-state index contributed by atoms with van der Waals surface area (Å²) in [6.07, 6.45) is 0.565. The molecule has 1 unspecified atom stereocenters. The Bertz CT molecular complexity index is 607. The van der Waals surface area contributed by atoms with Gasteiger partial charge in [-0.15, -0.1) is 0 Å². The van der Waals surface area contributed by atoms with Crippen molar-refractivity contribution in [2.75, 3.05) is 4.90 Å². The molecule has 20 heavy (non-hydrogen) atoms. The second-order valence-corrected chi connectivity index (χ2v) is 5.99. The highest BCUT2D eigenvalue weighted by Crippen LogP contribution is 2.48. The van der Waals surface area contributed by atoms with Crippen LogP contribution in [0.4, 0.5) is 11.4 Å². The SMILES string of the molecule is CCC(=O)C(C)N1c2ccccc2Sc2ccccc21. The molecule has 0 aliphatic carbocycles. The molecule has 0 saturated heterocycles. The third-order valence-corrected chi connectivity index (χ3v) is 4.80. The molecular weight excluding hydrogens is 266 g/mol. The predicted molar refractivity (Wildman–Crippen MR) is 83.9 cm³/mol. The zero-order valence-corrected chi connectivity index (χ0v) is 12.5. The molecule has 0 aromatic heterocycles. The van der Waals surface area contributed by atoms with Gasteiger partial charge in [-0.25, -0.2) is 0 Å². The zero-order valence-electron chi connectivity index (χ0n) is 11.7. The Morgan fingerprint density at radius 2 is 1.55 bits per heavy atom. The normalized spacial score (nSPS) is 14.4. The maximum atomic E-state index is 12.2. The van der Waals surface area contributed by atoms with Gasteiger partial charge in [0.25, 0.3) is 0 Å². The first-order chi connectivity index (χ1) is 9.72. The molecule has 3 heteroatoms. The van der Waals surface area contributed by atoms with Gasteiger partial charge in [-0.1, -0.05) is 43.0 Å². The predicted octanol–water partition coefficient (Wildman–Crippen LogP) is 4.66. The number of ketones is 1. The number of benzene rings is 2. The van der Waals surface area contributed by atoms with E-state index in [9.17, 15) is 4.79 Å². The van der Waals surface area contributed by atoms with Crippen LogP contribution in [0.3, 0.4) is 0 Å². The Morgan fingerprint density at radius 3 is 2.05 bits per heavy atom. The lowest BCUT2D eigenvalue weighted by Gasteiger charge is -2.36. The van der Waals surface area contributed by atoms with Crippen LogP contribution in [0, 0.1) is 0 Å². The maximum Gasteiger partial charge on any atom is 0.155 e. The molecule has 3 rings (SSSR count). The third-order valence-electron chi connectivity index (χ3n) is 3.67. The van der Waals surface area contributed by atoms with Crippen molar-refractivity contribution >= 4 is 28.9 Å². The summed E-state index contributed by atoms with van der Waals surface area (Å²) in [7, 11) is 0.